The van der Waals surface area contributed by atoms with E-state index in [0.29, 0.717) is 19.8 Å². The number of pyridine rings is 1. The van der Waals surface area contributed by atoms with Crippen LogP contribution in [0.25, 0.3) is 0 Å². The molecule has 0 saturated carbocycles. The van der Waals surface area contributed by atoms with Crippen molar-refractivity contribution in [1.29, 1.82) is 0 Å². The van der Waals surface area contributed by atoms with Crippen molar-refractivity contribution in [2.45, 2.75) is 32.7 Å². The van der Waals surface area contributed by atoms with E-state index in [1.807, 2.05) is 6.20 Å². The summed E-state index contributed by atoms with van der Waals surface area (Å²) in [7, 11) is 1.68. The zero-order valence-corrected chi connectivity index (χ0v) is 13.4. The van der Waals surface area contributed by atoms with Gasteiger partial charge in [-0.05, 0) is 31.0 Å². The molecular formula is C16H28N2O3. The van der Waals surface area contributed by atoms with Gasteiger partial charge in [-0.15, -0.1) is 0 Å². The van der Waals surface area contributed by atoms with Crippen LogP contribution in [0, 0.1) is 0 Å². The van der Waals surface area contributed by atoms with Gasteiger partial charge in [-0.1, -0.05) is 13.8 Å². The van der Waals surface area contributed by atoms with Crippen LogP contribution in [0.15, 0.2) is 18.5 Å². The average Bonchev–Trinajstić information content (AvgIpc) is 2.52. The molecule has 0 bridgehead atoms. The first-order chi connectivity index (χ1) is 10.3. The van der Waals surface area contributed by atoms with Crippen LogP contribution in [0.3, 0.4) is 0 Å². The molecule has 0 aliphatic carbocycles. The molecule has 5 nitrogen and oxygen atoms in total. The maximum atomic E-state index is 5.64. The fraction of sp³-hybridized carbons (Fsp3) is 0.688. The van der Waals surface area contributed by atoms with Gasteiger partial charge in [0.15, 0.2) is 0 Å². The zero-order valence-electron chi connectivity index (χ0n) is 13.4. The highest BCUT2D eigenvalue weighted by molar-refractivity contribution is 5.26. The molecule has 0 aliphatic rings. The average molecular weight is 296 g/mol. The Bertz CT molecular complexity index is 374. The van der Waals surface area contributed by atoms with Gasteiger partial charge in [-0.2, -0.15) is 0 Å². The van der Waals surface area contributed by atoms with Gasteiger partial charge in [-0.25, -0.2) is 0 Å². The molecule has 1 atom stereocenters. The van der Waals surface area contributed by atoms with Crippen molar-refractivity contribution in [1.82, 2.24) is 10.3 Å². The summed E-state index contributed by atoms with van der Waals surface area (Å²) in [4.78, 5) is 4.27. The van der Waals surface area contributed by atoms with E-state index in [9.17, 15) is 0 Å². The number of ether oxygens (including phenoxy) is 3. The SMILES string of the molecule is CCCOc1cncc(C(CCOCCOC)NCC)c1. The maximum absolute atomic E-state index is 5.64. The van der Waals surface area contributed by atoms with Crippen molar-refractivity contribution >= 4 is 0 Å². The number of hydrogen-bond donors (Lipinski definition) is 1. The summed E-state index contributed by atoms with van der Waals surface area (Å²) in [5.74, 6) is 0.831. The van der Waals surface area contributed by atoms with E-state index >= 15 is 0 Å². The summed E-state index contributed by atoms with van der Waals surface area (Å²) < 4.78 is 16.2. The quantitative estimate of drug-likeness (QED) is 0.601. The minimum Gasteiger partial charge on any atom is -0.492 e. The van der Waals surface area contributed by atoms with Gasteiger partial charge in [-0.3, -0.25) is 4.98 Å². The Hall–Kier alpha value is -1.17. The highest BCUT2D eigenvalue weighted by Gasteiger charge is 2.11. The van der Waals surface area contributed by atoms with Crippen molar-refractivity contribution in [3.63, 3.8) is 0 Å². The number of methoxy groups -OCH3 is 1. The second kappa shape index (κ2) is 11.5. The lowest BCUT2D eigenvalue weighted by molar-refractivity contribution is 0.0658. The molecule has 1 N–H and O–H groups in total. The van der Waals surface area contributed by atoms with E-state index in [1.54, 1.807) is 13.3 Å². The van der Waals surface area contributed by atoms with Crippen LogP contribution in [0.1, 0.15) is 38.3 Å². The number of hydrogen-bond acceptors (Lipinski definition) is 5. The predicted octanol–water partition coefficient (Wildman–Crippen LogP) is 2.57. The third kappa shape index (κ3) is 7.41. The molecule has 1 aromatic heterocycles. The number of rotatable bonds is 12. The van der Waals surface area contributed by atoms with Crippen LogP contribution in [0.2, 0.25) is 0 Å². The summed E-state index contributed by atoms with van der Waals surface area (Å²) >= 11 is 0. The Kier molecular flexibility index (Phi) is 9.78. The van der Waals surface area contributed by atoms with Crippen molar-refractivity contribution in [3.8, 4) is 5.75 Å². The molecular weight excluding hydrogens is 268 g/mol. The topological polar surface area (TPSA) is 52.6 Å². The largest absolute Gasteiger partial charge is 0.492 e. The molecule has 21 heavy (non-hydrogen) atoms. The van der Waals surface area contributed by atoms with Gasteiger partial charge >= 0.3 is 0 Å². The lowest BCUT2D eigenvalue weighted by atomic mass is 10.1. The number of nitrogens with zero attached hydrogens (tertiary/aromatic N) is 1. The first-order valence-corrected chi connectivity index (χ1v) is 7.69. The van der Waals surface area contributed by atoms with Gasteiger partial charge < -0.3 is 19.5 Å². The first-order valence-electron chi connectivity index (χ1n) is 7.69. The lowest BCUT2D eigenvalue weighted by Gasteiger charge is -2.18. The Labute approximate surface area is 128 Å². The molecule has 0 radical (unpaired) electrons. The van der Waals surface area contributed by atoms with Gasteiger partial charge in [0.25, 0.3) is 0 Å². The van der Waals surface area contributed by atoms with Crippen LogP contribution >= 0.6 is 0 Å². The minimum absolute atomic E-state index is 0.232. The van der Waals surface area contributed by atoms with Crippen molar-refractivity contribution < 1.29 is 14.2 Å². The smallest absolute Gasteiger partial charge is 0.137 e. The van der Waals surface area contributed by atoms with Crippen molar-refractivity contribution in [2.24, 2.45) is 0 Å². The van der Waals surface area contributed by atoms with E-state index in [1.165, 1.54) is 0 Å². The van der Waals surface area contributed by atoms with Crippen LogP contribution in [-0.2, 0) is 9.47 Å². The van der Waals surface area contributed by atoms with Crippen LogP contribution in [-0.4, -0.2) is 45.1 Å². The summed E-state index contributed by atoms with van der Waals surface area (Å²) in [6.45, 7) is 7.78. The Balaban J connectivity index is 2.53. The van der Waals surface area contributed by atoms with Crippen molar-refractivity contribution in [2.75, 3.05) is 40.1 Å². The van der Waals surface area contributed by atoms with Gasteiger partial charge in [0, 0.05) is 26.0 Å². The predicted molar refractivity (Wildman–Crippen MR) is 83.8 cm³/mol. The first kappa shape index (κ1) is 17.9. The molecule has 0 spiro atoms. The van der Waals surface area contributed by atoms with Crippen LogP contribution in [0.5, 0.6) is 5.75 Å². The lowest BCUT2D eigenvalue weighted by Crippen LogP contribution is -2.23. The van der Waals surface area contributed by atoms with Crippen LogP contribution < -0.4 is 10.1 Å². The normalized spacial score (nSPS) is 12.3. The molecule has 120 valence electrons. The second-order valence-electron chi connectivity index (χ2n) is 4.81. The minimum atomic E-state index is 0.232. The third-order valence-corrected chi connectivity index (χ3v) is 3.04. The number of nitrogens with one attached hydrogen (secondary N) is 1. The molecule has 0 aliphatic heterocycles. The summed E-state index contributed by atoms with van der Waals surface area (Å²) in [6, 6.07) is 2.29. The van der Waals surface area contributed by atoms with Crippen LogP contribution in [0.4, 0.5) is 0 Å². The van der Waals surface area contributed by atoms with E-state index in [4.69, 9.17) is 14.2 Å². The number of aromatic nitrogens is 1. The van der Waals surface area contributed by atoms with Gasteiger partial charge in [0.1, 0.15) is 5.75 Å². The summed E-state index contributed by atoms with van der Waals surface area (Å²) in [6.07, 6.45) is 5.54. The maximum Gasteiger partial charge on any atom is 0.137 e. The van der Waals surface area contributed by atoms with E-state index < -0.39 is 0 Å². The Morgan fingerprint density at radius 1 is 1.14 bits per heavy atom. The molecule has 0 fully saturated rings. The molecule has 1 aromatic rings. The zero-order chi connectivity index (χ0) is 15.3. The summed E-state index contributed by atoms with van der Waals surface area (Å²) in [5, 5.41) is 3.47. The second-order valence-corrected chi connectivity index (χ2v) is 4.81. The monoisotopic (exact) mass is 296 g/mol. The third-order valence-electron chi connectivity index (χ3n) is 3.04. The highest BCUT2D eigenvalue weighted by Crippen LogP contribution is 2.20. The molecule has 0 saturated heterocycles. The van der Waals surface area contributed by atoms with Crippen molar-refractivity contribution in [3.05, 3.63) is 24.0 Å². The Morgan fingerprint density at radius 3 is 2.71 bits per heavy atom. The summed E-state index contributed by atoms with van der Waals surface area (Å²) in [5.41, 5.74) is 1.14. The van der Waals surface area contributed by atoms with E-state index in [2.05, 4.69) is 30.2 Å². The molecule has 1 heterocycles. The highest BCUT2D eigenvalue weighted by atomic mass is 16.5. The standard InChI is InChI=1S/C16H28N2O3/c1-4-7-21-15-11-14(12-17-13-15)16(18-5-2)6-8-20-10-9-19-3/h11-13,16,18H,4-10H2,1-3H3. The van der Waals surface area contributed by atoms with E-state index in [-0.39, 0.29) is 6.04 Å². The molecule has 1 unspecified atom stereocenters. The Morgan fingerprint density at radius 2 is 2.00 bits per heavy atom. The fourth-order valence-corrected chi connectivity index (χ4v) is 2.00. The van der Waals surface area contributed by atoms with Gasteiger partial charge in [0.2, 0.25) is 0 Å². The molecule has 0 amide bonds. The molecule has 5 heteroatoms. The van der Waals surface area contributed by atoms with Gasteiger partial charge in [0.05, 0.1) is 26.0 Å². The fourth-order valence-electron chi connectivity index (χ4n) is 2.00. The molecule has 0 aromatic carbocycles. The van der Waals surface area contributed by atoms with E-state index in [0.717, 1.165) is 37.3 Å². The molecule has 1 rings (SSSR count).